The maximum atomic E-state index is 2.34. The molecule has 0 aliphatic heterocycles. The van der Waals surface area contributed by atoms with Gasteiger partial charge < -0.3 is 0 Å². The number of rotatable bonds is 3. The smallest absolute Gasteiger partial charge is 0.00264 e. The van der Waals surface area contributed by atoms with Crippen LogP contribution in [-0.2, 0) is 0 Å². The molecule has 0 amide bonds. The fourth-order valence-electron chi connectivity index (χ4n) is 4.94. The summed E-state index contributed by atoms with van der Waals surface area (Å²) >= 11 is 0. The molecule has 0 aromatic heterocycles. The van der Waals surface area contributed by atoms with Crippen molar-refractivity contribution in [3.63, 3.8) is 0 Å². The summed E-state index contributed by atoms with van der Waals surface area (Å²) in [5.74, 6) is 0. The molecule has 33 heavy (non-hydrogen) atoms. The molecule has 6 aromatic rings. The second-order valence-electron chi connectivity index (χ2n) is 8.66. The summed E-state index contributed by atoms with van der Waals surface area (Å²) in [4.78, 5) is 0. The molecule has 0 radical (unpaired) electrons. The molecular weight excluding hydrogens is 396 g/mol. The molecule has 0 aliphatic carbocycles. The first-order valence-electron chi connectivity index (χ1n) is 11.5. The lowest BCUT2D eigenvalue weighted by molar-refractivity contribution is 1.58. The van der Waals surface area contributed by atoms with Gasteiger partial charge in [0.15, 0.2) is 0 Å². The van der Waals surface area contributed by atoms with E-state index in [1.807, 2.05) is 6.07 Å². The number of benzene rings is 6. The molecule has 0 bridgehead atoms. The van der Waals surface area contributed by atoms with E-state index < -0.39 is 0 Å². The molecule has 6 aromatic carbocycles. The molecular formula is C33H24. The third-order valence-electron chi connectivity index (χ3n) is 6.62. The summed E-state index contributed by atoms with van der Waals surface area (Å²) in [5, 5.41) is 7.80. The van der Waals surface area contributed by atoms with Crippen molar-refractivity contribution in [3.8, 4) is 11.1 Å². The van der Waals surface area contributed by atoms with Gasteiger partial charge >= 0.3 is 0 Å². The van der Waals surface area contributed by atoms with Crippen molar-refractivity contribution in [1.29, 1.82) is 0 Å². The maximum Gasteiger partial charge on any atom is -0.00264 e. The Hall–Kier alpha value is -4.16. The largest absolute Gasteiger partial charge is 0.0622 e. The highest BCUT2D eigenvalue weighted by Crippen LogP contribution is 2.39. The summed E-state index contributed by atoms with van der Waals surface area (Å²) in [5.41, 5.74) is 6.36. The van der Waals surface area contributed by atoms with Crippen molar-refractivity contribution in [2.75, 3.05) is 0 Å². The van der Waals surface area contributed by atoms with E-state index in [9.17, 15) is 0 Å². The van der Waals surface area contributed by atoms with E-state index in [4.69, 9.17) is 0 Å². The SMILES string of the molecule is Cc1c2ccccc2c(-c2ccc3cc(/C=C/c4ccccc4)ccc3c2)c2ccccc12. The van der Waals surface area contributed by atoms with Crippen LogP contribution in [0.3, 0.4) is 0 Å². The van der Waals surface area contributed by atoms with Gasteiger partial charge in [0.25, 0.3) is 0 Å². The second kappa shape index (κ2) is 8.07. The van der Waals surface area contributed by atoms with Gasteiger partial charge in [0.2, 0.25) is 0 Å². The van der Waals surface area contributed by atoms with Gasteiger partial charge in [0, 0.05) is 0 Å². The van der Waals surface area contributed by atoms with Crippen LogP contribution in [0, 0.1) is 6.92 Å². The van der Waals surface area contributed by atoms with Gasteiger partial charge in [-0.3, -0.25) is 0 Å². The van der Waals surface area contributed by atoms with Crippen LogP contribution >= 0.6 is 0 Å². The molecule has 0 heteroatoms. The van der Waals surface area contributed by atoms with Crippen LogP contribution in [0.25, 0.3) is 55.6 Å². The van der Waals surface area contributed by atoms with Gasteiger partial charge in [0.1, 0.15) is 0 Å². The normalized spacial score (nSPS) is 11.7. The summed E-state index contributed by atoms with van der Waals surface area (Å²) < 4.78 is 0. The molecule has 0 atom stereocenters. The fraction of sp³-hybridized carbons (Fsp3) is 0.0303. The molecule has 0 spiro atoms. The molecule has 0 fully saturated rings. The topological polar surface area (TPSA) is 0 Å². The van der Waals surface area contributed by atoms with E-state index >= 15 is 0 Å². The Labute approximate surface area is 194 Å². The van der Waals surface area contributed by atoms with Crippen molar-refractivity contribution in [2.24, 2.45) is 0 Å². The quantitative estimate of drug-likeness (QED) is 0.198. The monoisotopic (exact) mass is 420 g/mol. The number of hydrogen-bond acceptors (Lipinski definition) is 0. The predicted molar refractivity (Wildman–Crippen MR) is 145 cm³/mol. The van der Waals surface area contributed by atoms with Gasteiger partial charge in [-0.05, 0) is 79.2 Å². The second-order valence-corrected chi connectivity index (χ2v) is 8.66. The highest BCUT2D eigenvalue weighted by atomic mass is 14.2. The summed E-state index contributed by atoms with van der Waals surface area (Å²) in [6.45, 7) is 2.24. The van der Waals surface area contributed by atoms with Crippen molar-refractivity contribution in [2.45, 2.75) is 6.92 Å². The van der Waals surface area contributed by atoms with Crippen molar-refractivity contribution >= 4 is 44.5 Å². The van der Waals surface area contributed by atoms with Gasteiger partial charge in [-0.1, -0.05) is 115 Å². The predicted octanol–water partition coefficient (Wildman–Crippen LogP) is 9.29. The van der Waals surface area contributed by atoms with Crippen molar-refractivity contribution in [3.05, 3.63) is 132 Å². The van der Waals surface area contributed by atoms with E-state index in [1.165, 1.54) is 60.1 Å². The summed E-state index contributed by atoms with van der Waals surface area (Å²) in [6, 6.07) is 41.6. The number of hydrogen-bond donors (Lipinski definition) is 0. The fourth-order valence-corrected chi connectivity index (χ4v) is 4.94. The number of aryl methyl sites for hydroxylation is 1. The third-order valence-corrected chi connectivity index (χ3v) is 6.62. The van der Waals surface area contributed by atoms with Crippen LogP contribution in [0.2, 0.25) is 0 Å². The Morgan fingerprint density at radius 3 is 1.70 bits per heavy atom. The Kier molecular flexibility index (Phi) is 4.78. The molecule has 0 saturated heterocycles. The van der Waals surface area contributed by atoms with Gasteiger partial charge in [0.05, 0.1) is 0 Å². The standard InChI is InChI=1S/C33H24/c1-23-29-11-5-7-13-31(29)33(32-14-8-6-12-30(23)32)28-20-19-26-21-25(17-18-27(26)22-28)16-15-24-9-3-2-4-10-24/h2-22H,1H3/b16-15+. The molecule has 156 valence electrons. The minimum absolute atomic E-state index is 1.21. The number of fused-ring (bicyclic) bond motifs is 3. The van der Waals surface area contributed by atoms with Crippen LogP contribution in [0.4, 0.5) is 0 Å². The van der Waals surface area contributed by atoms with E-state index in [1.54, 1.807) is 0 Å². The Morgan fingerprint density at radius 2 is 1.00 bits per heavy atom. The zero-order chi connectivity index (χ0) is 22.2. The zero-order valence-corrected chi connectivity index (χ0v) is 18.6. The van der Waals surface area contributed by atoms with Crippen LogP contribution < -0.4 is 0 Å². The van der Waals surface area contributed by atoms with E-state index in [0.29, 0.717) is 0 Å². The van der Waals surface area contributed by atoms with E-state index in [0.717, 1.165) is 0 Å². The van der Waals surface area contributed by atoms with Gasteiger partial charge in [-0.2, -0.15) is 0 Å². The molecule has 0 unspecified atom stereocenters. The first-order valence-corrected chi connectivity index (χ1v) is 11.5. The van der Waals surface area contributed by atoms with Gasteiger partial charge in [-0.15, -0.1) is 0 Å². The molecule has 6 rings (SSSR count). The van der Waals surface area contributed by atoms with E-state index in [2.05, 4.69) is 128 Å². The Bertz CT molecular complexity index is 1600. The molecule has 0 heterocycles. The van der Waals surface area contributed by atoms with Crippen LogP contribution in [0.15, 0.2) is 115 Å². The van der Waals surface area contributed by atoms with Crippen LogP contribution in [0.5, 0.6) is 0 Å². The Morgan fingerprint density at radius 1 is 0.455 bits per heavy atom. The van der Waals surface area contributed by atoms with Gasteiger partial charge in [-0.25, -0.2) is 0 Å². The summed E-state index contributed by atoms with van der Waals surface area (Å²) in [6.07, 6.45) is 4.35. The molecule has 0 aliphatic rings. The third kappa shape index (κ3) is 3.50. The molecule has 0 nitrogen and oxygen atoms in total. The minimum Gasteiger partial charge on any atom is -0.0622 e. The van der Waals surface area contributed by atoms with Crippen molar-refractivity contribution in [1.82, 2.24) is 0 Å². The van der Waals surface area contributed by atoms with Crippen molar-refractivity contribution < 1.29 is 0 Å². The average molecular weight is 421 g/mol. The first-order chi connectivity index (χ1) is 16.3. The lowest BCUT2D eigenvalue weighted by Gasteiger charge is -2.15. The van der Waals surface area contributed by atoms with E-state index in [-0.39, 0.29) is 0 Å². The lowest BCUT2D eigenvalue weighted by Crippen LogP contribution is -1.89. The lowest BCUT2D eigenvalue weighted by atomic mass is 9.88. The minimum atomic E-state index is 1.21. The molecule has 0 saturated carbocycles. The summed E-state index contributed by atoms with van der Waals surface area (Å²) in [7, 11) is 0. The zero-order valence-electron chi connectivity index (χ0n) is 18.6. The molecule has 0 N–H and O–H groups in total. The van der Waals surface area contributed by atoms with Crippen LogP contribution in [0.1, 0.15) is 16.7 Å². The Balaban J connectivity index is 1.50. The first kappa shape index (κ1) is 19.5. The average Bonchev–Trinajstić information content (AvgIpc) is 2.88. The highest BCUT2D eigenvalue weighted by molar-refractivity contribution is 6.15. The maximum absolute atomic E-state index is 2.34. The highest BCUT2D eigenvalue weighted by Gasteiger charge is 2.13. The van der Waals surface area contributed by atoms with Crippen LogP contribution in [-0.4, -0.2) is 0 Å².